The summed E-state index contributed by atoms with van der Waals surface area (Å²) in [6.07, 6.45) is 0. The fraction of sp³-hybridized carbons (Fsp3) is 0.130. The third-order valence-electron chi connectivity index (χ3n) is 5.29. The third-order valence-corrected chi connectivity index (χ3v) is 6.62. The number of carbonyl (C=O) groups excluding carboxylic acids is 1. The highest BCUT2D eigenvalue weighted by Crippen LogP contribution is 2.34. The Morgan fingerprint density at radius 3 is 2.56 bits per heavy atom. The molecule has 0 aromatic heterocycles. The first-order valence-electron chi connectivity index (χ1n) is 9.92. The number of amides is 1. The number of rotatable bonds is 4. The van der Waals surface area contributed by atoms with Crippen molar-refractivity contribution in [3.63, 3.8) is 0 Å². The summed E-state index contributed by atoms with van der Waals surface area (Å²) in [5.41, 5.74) is 2.52. The van der Waals surface area contributed by atoms with Crippen molar-refractivity contribution in [1.29, 1.82) is 0 Å². The second-order valence-corrected chi connectivity index (χ2v) is 8.99. The molecule has 3 aromatic carbocycles. The molecule has 2 N–H and O–H groups in total. The number of anilines is 1. The van der Waals surface area contributed by atoms with Crippen LogP contribution in [0.2, 0.25) is 0 Å². The zero-order chi connectivity index (χ0) is 22.3. The zero-order valence-corrected chi connectivity index (χ0v) is 17.8. The van der Waals surface area contributed by atoms with Gasteiger partial charge in [0, 0.05) is 16.8 Å². The standard InChI is InChI=1S/C23H19N3O5S/c1-14(16-8-11-19-20(12-16)31-13-30-19)24-23(27)15-6-9-17(10-7-15)25-22-18-4-2-3-5-21(18)32(28,29)26-22/h2-12,14H,13H2,1H3,(H,24,27)(H,25,26). The van der Waals surface area contributed by atoms with Gasteiger partial charge in [0.1, 0.15) is 4.90 Å². The van der Waals surface area contributed by atoms with Gasteiger partial charge in [-0.25, -0.2) is 0 Å². The van der Waals surface area contributed by atoms with Crippen LogP contribution in [0.4, 0.5) is 5.69 Å². The highest BCUT2D eigenvalue weighted by Gasteiger charge is 2.28. The van der Waals surface area contributed by atoms with Gasteiger partial charge in [-0.1, -0.05) is 18.2 Å². The van der Waals surface area contributed by atoms with Crippen molar-refractivity contribution in [3.05, 3.63) is 83.4 Å². The molecule has 162 valence electrons. The molecule has 3 aromatic rings. The summed E-state index contributed by atoms with van der Waals surface area (Å²) in [5.74, 6) is 1.39. The van der Waals surface area contributed by atoms with Gasteiger partial charge in [-0.15, -0.1) is 4.40 Å². The monoisotopic (exact) mass is 449 g/mol. The number of carbonyl (C=O) groups is 1. The van der Waals surface area contributed by atoms with Crippen molar-refractivity contribution in [1.82, 2.24) is 5.32 Å². The predicted molar refractivity (Wildman–Crippen MR) is 119 cm³/mol. The van der Waals surface area contributed by atoms with Crippen molar-refractivity contribution in [2.75, 3.05) is 12.1 Å². The molecule has 2 aliphatic heterocycles. The largest absolute Gasteiger partial charge is 0.454 e. The van der Waals surface area contributed by atoms with Gasteiger partial charge >= 0.3 is 0 Å². The van der Waals surface area contributed by atoms with E-state index in [0.29, 0.717) is 28.3 Å². The van der Waals surface area contributed by atoms with E-state index in [4.69, 9.17) is 9.47 Å². The van der Waals surface area contributed by atoms with Gasteiger partial charge in [-0.2, -0.15) is 8.42 Å². The van der Waals surface area contributed by atoms with Crippen molar-refractivity contribution in [3.8, 4) is 11.5 Å². The van der Waals surface area contributed by atoms with E-state index in [9.17, 15) is 13.2 Å². The SMILES string of the molecule is CC(NC(=O)c1ccc(NC2=NS(=O)(=O)c3ccccc32)cc1)c1ccc2c(c1)OCO2. The van der Waals surface area contributed by atoms with Crippen LogP contribution >= 0.6 is 0 Å². The molecule has 0 radical (unpaired) electrons. The van der Waals surface area contributed by atoms with Crippen molar-refractivity contribution in [2.45, 2.75) is 17.9 Å². The molecule has 0 fully saturated rings. The van der Waals surface area contributed by atoms with Crippen LogP contribution in [0.3, 0.4) is 0 Å². The fourth-order valence-electron chi connectivity index (χ4n) is 3.58. The van der Waals surface area contributed by atoms with Crippen LogP contribution in [0.25, 0.3) is 0 Å². The van der Waals surface area contributed by atoms with Crippen LogP contribution in [0.15, 0.2) is 76.0 Å². The minimum absolute atomic E-state index is 0.177. The Morgan fingerprint density at radius 1 is 1.00 bits per heavy atom. The smallest absolute Gasteiger partial charge is 0.285 e. The summed E-state index contributed by atoms with van der Waals surface area (Å²) in [4.78, 5) is 12.9. The Morgan fingerprint density at radius 2 is 1.75 bits per heavy atom. The van der Waals surface area contributed by atoms with Crippen LogP contribution < -0.4 is 20.1 Å². The van der Waals surface area contributed by atoms with Crippen molar-refractivity contribution in [2.24, 2.45) is 4.40 Å². The molecule has 1 unspecified atom stereocenters. The van der Waals surface area contributed by atoms with E-state index >= 15 is 0 Å². The maximum atomic E-state index is 12.7. The molecule has 5 rings (SSSR count). The summed E-state index contributed by atoms with van der Waals surface area (Å²) in [6, 6.07) is 18.7. The second kappa shape index (κ2) is 7.69. The van der Waals surface area contributed by atoms with E-state index in [1.54, 1.807) is 42.5 Å². The molecule has 9 heteroatoms. The molecule has 1 amide bonds. The summed E-state index contributed by atoms with van der Waals surface area (Å²) in [5, 5.41) is 5.98. The minimum atomic E-state index is -3.70. The molecule has 32 heavy (non-hydrogen) atoms. The summed E-state index contributed by atoms with van der Waals surface area (Å²) in [7, 11) is -3.70. The molecule has 2 aliphatic rings. The maximum absolute atomic E-state index is 12.7. The minimum Gasteiger partial charge on any atom is -0.454 e. The first kappa shape index (κ1) is 20.1. The lowest BCUT2D eigenvalue weighted by Crippen LogP contribution is -2.26. The molecule has 1 atom stereocenters. The number of fused-ring (bicyclic) bond motifs is 2. The molecule has 8 nitrogen and oxygen atoms in total. The Kier molecular flexibility index (Phi) is 4.82. The Labute approximate surface area is 185 Å². The topological polar surface area (TPSA) is 106 Å². The lowest BCUT2D eigenvalue weighted by molar-refractivity contribution is 0.0939. The van der Waals surface area contributed by atoms with Gasteiger partial charge in [0.2, 0.25) is 6.79 Å². The predicted octanol–water partition coefficient (Wildman–Crippen LogP) is 3.47. The van der Waals surface area contributed by atoms with Crippen molar-refractivity contribution < 1.29 is 22.7 Å². The Hall–Kier alpha value is -3.85. The maximum Gasteiger partial charge on any atom is 0.285 e. The van der Waals surface area contributed by atoms with Crippen LogP contribution in [0.1, 0.15) is 34.5 Å². The number of sulfonamides is 1. The van der Waals surface area contributed by atoms with E-state index in [-0.39, 0.29) is 29.5 Å². The van der Waals surface area contributed by atoms with Crippen molar-refractivity contribution >= 4 is 27.5 Å². The normalized spacial score (nSPS) is 16.1. The quantitative estimate of drug-likeness (QED) is 0.632. The average molecular weight is 449 g/mol. The van der Waals surface area contributed by atoms with E-state index in [0.717, 1.165) is 5.56 Å². The highest BCUT2D eigenvalue weighted by atomic mass is 32.2. The van der Waals surface area contributed by atoms with Crippen LogP contribution in [-0.2, 0) is 10.0 Å². The summed E-state index contributed by atoms with van der Waals surface area (Å²) in [6.45, 7) is 2.09. The van der Waals surface area contributed by atoms with E-state index in [1.165, 1.54) is 6.07 Å². The highest BCUT2D eigenvalue weighted by molar-refractivity contribution is 7.90. The lowest BCUT2D eigenvalue weighted by Gasteiger charge is -2.15. The van der Waals surface area contributed by atoms with E-state index in [1.807, 2.05) is 25.1 Å². The first-order valence-corrected chi connectivity index (χ1v) is 11.4. The second-order valence-electron chi connectivity index (χ2n) is 7.42. The van der Waals surface area contributed by atoms with Gasteiger partial charge in [-0.3, -0.25) is 4.79 Å². The van der Waals surface area contributed by atoms with E-state index < -0.39 is 10.0 Å². The number of nitrogens with zero attached hydrogens (tertiary/aromatic N) is 1. The summed E-state index contributed by atoms with van der Waals surface area (Å²) >= 11 is 0. The molecule has 0 bridgehead atoms. The number of nitrogens with one attached hydrogen (secondary N) is 2. The Balaban J connectivity index is 1.27. The molecule has 0 aliphatic carbocycles. The van der Waals surface area contributed by atoms with Crippen LogP contribution in [0.5, 0.6) is 11.5 Å². The third kappa shape index (κ3) is 3.67. The van der Waals surface area contributed by atoms with Gasteiger partial charge in [0.05, 0.1) is 6.04 Å². The number of benzene rings is 3. The molecular formula is C23H19N3O5S. The molecule has 0 saturated heterocycles. The van der Waals surface area contributed by atoms with E-state index in [2.05, 4.69) is 15.0 Å². The number of hydrogen-bond donors (Lipinski definition) is 2. The zero-order valence-electron chi connectivity index (χ0n) is 17.0. The number of amidine groups is 1. The lowest BCUT2D eigenvalue weighted by atomic mass is 10.1. The first-order chi connectivity index (χ1) is 15.4. The molecule has 0 saturated carbocycles. The number of ether oxygens (including phenoxy) is 2. The van der Waals surface area contributed by atoms with Crippen LogP contribution in [-0.4, -0.2) is 27.0 Å². The van der Waals surface area contributed by atoms with Crippen LogP contribution in [0, 0.1) is 0 Å². The van der Waals surface area contributed by atoms with Gasteiger partial charge in [-0.05, 0) is 61.0 Å². The van der Waals surface area contributed by atoms with Gasteiger partial charge in [0.15, 0.2) is 17.3 Å². The summed E-state index contributed by atoms with van der Waals surface area (Å²) < 4.78 is 38.9. The average Bonchev–Trinajstić information content (AvgIpc) is 3.36. The number of hydrogen-bond acceptors (Lipinski definition) is 6. The Bertz CT molecular complexity index is 1350. The van der Waals surface area contributed by atoms with Gasteiger partial charge < -0.3 is 20.1 Å². The molecular weight excluding hydrogens is 430 g/mol. The van der Waals surface area contributed by atoms with Gasteiger partial charge in [0.25, 0.3) is 15.9 Å². The molecule has 2 heterocycles. The molecule has 0 spiro atoms. The fourth-order valence-corrected chi connectivity index (χ4v) is 4.76.